The van der Waals surface area contributed by atoms with E-state index in [1.165, 1.54) is 9.21 Å². The van der Waals surface area contributed by atoms with Crippen molar-refractivity contribution in [2.24, 2.45) is 0 Å². The van der Waals surface area contributed by atoms with E-state index in [4.69, 9.17) is 27.9 Å². The zero-order chi connectivity index (χ0) is 30.7. The third kappa shape index (κ3) is 9.11. The SMILES string of the molecule is CCNC(=O)[C@@H](Cc1ccccc1)N(Cc1c(Cl)cccc1Cl)C(=O)CCCN(c1ccccc1OCC)S(C)(=O)=O. The molecule has 42 heavy (non-hydrogen) atoms. The van der Waals surface area contributed by atoms with Crippen LogP contribution in [0.15, 0.2) is 72.8 Å². The Kier molecular flexibility index (Phi) is 12.5. The van der Waals surface area contributed by atoms with Crippen LogP contribution in [0.2, 0.25) is 10.0 Å². The first-order valence-corrected chi connectivity index (χ1v) is 16.4. The second-order valence-electron chi connectivity index (χ2n) is 9.66. The van der Waals surface area contributed by atoms with Gasteiger partial charge in [0.15, 0.2) is 0 Å². The molecule has 0 aromatic heterocycles. The Morgan fingerprint density at radius 2 is 1.57 bits per heavy atom. The van der Waals surface area contributed by atoms with Gasteiger partial charge in [0, 0.05) is 48.1 Å². The lowest BCUT2D eigenvalue weighted by molar-refractivity contribution is -0.141. The Hall–Kier alpha value is -3.27. The van der Waals surface area contributed by atoms with E-state index in [0.29, 0.717) is 40.2 Å². The van der Waals surface area contributed by atoms with Crippen molar-refractivity contribution in [2.45, 2.75) is 45.7 Å². The summed E-state index contributed by atoms with van der Waals surface area (Å²) >= 11 is 13.0. The van der Waals surface area contributed by atoms with Gasteiger partial charge in [-0.05, 0) is 50.1 Å². The molecular formula is C31H37Cl2N3O5S. The first kappa shape index (κ1) is 33.2. The minimum absolute atomic E-state index is 0.00887. The van der Waals surface area contributed by atoms with E-state index in [1.54, 1.807) is 42.5 Å². The molecule has 3 aromatic rings. The van der Waals surface area contributed by atoms with Gasteiger partial charge in [0.1, 0.15) is 11.8 Å². The van der Waals surface area contributed by atoms with Crippen molar-refractivity contribution in [1.82, 2.24) is 10.2 Å². The van der Waals surface area contributed by atoms with E-state index < -0.39 is 16.1 Å². The number of hydrogen-bond donors (Lipinski definition) is 1. The monoisotopic (exact) mass is 633 g/mol. The molecule has 0 fully saturated rings. The van der Waals surface area contributed by atoms with E-state index in [-0.39, 0.29) is 44.2 Å². The summed E-state index contributed by atoms with van der Waals surface area (Å²) in [5, 5.41) is 3.61. The fourth-order valence-electron chi connectivity index (χ4n) is 4.62. The number of ether oxygens (including phenoxy) is 1. The Balaban J connectivity index is 1.92. The van der Waals surface area contributed by atoms with Crippen LogP contribution in [0.4, 0.5) is 5.69 Å². The van der Waals surface area contributed by atoms with Gasteiger partial charge >= 0.3 is 0 Å². The number of carbonyl (C=O) groups is 2. The fourth-order valence-corrected chi connectivity index (χ4v) is 6.11. The van der Waals surface area contributed by atoms with Crippen LogP contribution in [0.5, 0.6) is 5.75 Å². The number of benzene rings is 3. The first-order valence-electron chi connectivity index (χ1n) is 13.8. The molecule has 2 amide bonds. The maximum atomic E-state index is 13.9. The van der Waals surface area contributed by atoms with Crippen LogP contribution < -0.4 is 14.4 Å². The number of anilines is 1. The number of hydrogen-bond acceptors (Lipinski definition) is 5. The van der Waals surface area contributed by atoms with Crippen molar-refractivity contribution in [1.29, 1.82) is 0 Å². The number of para-hydroxylation sites is 2. The second-order valence-corrected chi connectivity index (χ2v) is 12.4. The zero-order valence-electron chi connectivity index (χ0n) is 24.1. The van der Waals surface area contributed by atoms with Crippen LogP contribution in [0.1, 0.15) is 37.8 Å². The maximum absolute atomic E-state index is 13.9. The summed E-state index contributed by atoms with van der Waals surface area (Å²) in [6.07, 6.45) is 1.58. The highest BCUT2D eigenvalue weighted by molar-refractivity contribution is 7.92. The molecule has 0 aliphatic rings. The number of halogens is 2. The smallest absolute Gasteiger partial charge is 0.243 e. The van der Waals surface area contributed by atoms with Crippen LogP contribution in [0.25, 0.3) is 0 Å². The highest BCUT2D eigenvalue weighted by atomic mass is 35.5. The molecule has 11 heteroatoms. The minimum Gasteiger partial charge on any atom is -0.492 e. The van der Waals surface area contributed by atoms with Gasteiger partial charge in [-0.15, -0.1) is 0 Å². The first-order chi connectivity index (χ1) is 20.1. The molecule has 0 spiro atoms. The normalized spacial score (nSPS) is 11.9. The van der Waals surface area contributed by atoms with E-state index in [0.717, 1.165) is 11.8 Å². The summed E-state index contributed by atoms with van der Waals surface area (Å²) in [6.45, 7) is 4.45. The van der Waals surface area contributed by atoms with Gasteiger partial charge in [-0.25, -0.2) is 8.42 Å². The lowest BCUT2D eigenvalue weighted by Crippen LogP contribution is -2.50. The largest absolute Gasteiger partial charge is 0.492 e. The van der Waals surface area contributed by atoms with Gasteiger partial charge in [0.25, 0.3) is 0 Å². The number of nitrogens with zero attached hydrogens (tertiary/aromatic N) is 2. The summed E-state index contributed by atoms with van der Waals surface area (Å²) in [6, 6.07) is 20.5. The van der Waals surface area contributed by atoms with E-state index in [1.807, 2.05) is 44.2 Å². The average Bonchev–Trinajstić information content (AvgIpc) is 2.95. The molecule has 3 rings (SSSR count). The average molecular weight is 635 g/mol. The molecule has 1 atom stereocenters. The molecule has 226 valence electrons. The quantitative estimate of drug-likeness (QED) is 0.231. The lowest BCUT2D eigenvalue weighted by atomic mass is 10.0. The Labute approximate surface area is 258 Å². The summed E-state index contributed by atoms with van der Waals surface area (Å²) in [5.74, 6) is -0.197. The van der Waals surface area contributed by atoms with Crippen LogP contribution in [0, 0.1) is 0 Å². The number of nitrogens with one attached hydrogen (secondary N) is 1. The fraction of sp³-hybridized carbons (Fsp3) is 0.355. The standard InChI is InChI=1S/C31H37Cl2N3O5S/c1-4-34-31(38)28(21-23-13-7-6-8-14-23)35(22-24-25(32)15-11-16-26(24)33)30(37)19-12-20-36(42(3,39)40)27-17-9-10-18-29(27)41-5-2/h6-11,13-18,28H,4-5,12,19-22H2,1-3H3,(H,34,38)/t28-/m1/s1. The van der Waals surface area contributed by atoms with Crippen LogP contribution in [0.3, 0.4) is 0 Å². The lowest BCUT2D eigenvalue weighted by Gasteiger charge is -2.32. The van der Waals surface area contributed by atoms with Gasteiger partial charge in [-0.3, -0.25) is 13.9 Å². The van der Waals surface area contributed by atoms with Crippen molar-refractivity contribution in [3.8, 4) is 5.75 Å². The number of sulfonamides is 1. The molecule has 0 aliphatic heterocycles. The van der Waals surface area contributed by atoms with E-state index in [9.17, 15) is 18.0 Å². The van der Waals surface area contributed by atoms with Crippen molar-refractivity contribution in [3.05, 3.63) is 94.0 Å². The van der Waals surface area contributed by atoms with Gasteiger partial charge in [0.05, 0.1) is 18.6 Å². The van der Waals surface area contributed by atoms with Crippen LogP contribution >= 0.6 is 23.2 Å². The molecule has 0 bridgehead atoms. The predicted molar refractivity (Wildman–Crippen MR) is 169 cm³/mol. The second kappa shape index (κ2) is 15.8. The summed E-state index contributed by atoms with van der Waals surface area (Å²) in [7, 11) is -3.69. The molecule has 8 nitrogen and oxygen atoms in total. The van der Waals surface area contributed by atoms with Gasteiger partial charge in [-0.1, -0.05) is 71.7 Å². The molecule has 0 saturated heterocycles. The third-order valence-electron chi connectivity index (χ3n) is 6.60. The summed E-state index contributed by atoms with van der Waals surface area (Å²) < 4.78 is 32.5. The Bertz CT molecular complexity index is 1430. The van der Waals surface area contributed by atoms with Crippen molar-refractivity contribution < 1.29 is 22.7 Å². The molecule has 0 saturated carbocycles. The molecular weight excluding hydrogens is 597 g/mol. The maximum Gasteiger partial charge on any atom is 0.243 e. The van der Waals surface area contributed by atoms with E-state index >= 15 is 0 Å². The third-order valence-corrected chi connectivity index (χ3v) is 8.49. The van der Waals surface area contributed by atoms with Gasteiger partial charge < -0.3 is 15.0 Å². The number of amides is 2. The number of likely N-dealkylation sites (N-methyl/N-ethyl adjacent to an activating group) is 1. The summed E-state index contributed by atoms with van der Waals surface area (Å²) in [5.41, 5.74) is 1.81. The van der Waals surface area contributed by atoms with Crippen molar-refractivity contribution >= 4 is 50.7 Å². The minimum atomic E-state index is -3.69. The summed E-state index contributed by atoms with van der Waals surface area (Å²) in [4.78, 5) is 28.8. The topological polar surface area (TPSA) is 96.0 Å². The zero-order valence-corrected chi connectivity index (χ0v) is 26.4. The molecule has 0 unspecified atom stereocenters. The van der Waals surface area contributed by atoms with Crippen molar-refractivity contribution in [2.75, 3.05) is 30.3 Å². The number of carbonyl (C=O) groups excluding carboxylic acids is 2. The van der Waals surface area contributed by atoms with Gasteiger partial charge in [0.2, 0.25) is 21.8 Å². The van der Waals surface area contributed by atoms with Crippen LogP contribution in [-0.2, 0) is 32.6 Å². The van der Waals surface area contributed by atoms with E-state index in [2.05, 4.69) is 5.32 Å². The number of rotatable bonds is 15. The molecule has 0 radical (unpaired) electrons. The Morgan fingerprint density at radius 1 is 0.929 bits per heavy atom. The van der Waals surface area contributed by atoms with Crippen molar-refractivity contribution in [3.63, 3.8) is 0 Å². The van der Waals surface area contributed by atoms with Gasteiger partial charge in [-0.2, -0.15) is 0 Å². The highest BCUT2D eigenvalue weighted by Crippen LogP contribution is 2.31. The molecule has 3 aromatic carbocycles. The molecule has 1 N–H and O–H groups in total. The molecule has 0 heterocycles. The predicted octanol–water partition coefficient (Wildman–Crippen LogP) is 5.71. The highest BCUT2D eigenvalue weighted by Gasteiger charge is 2.31. The Morgan fingerprint density at radius 3 is 2.19 bits per heavy atom. The van der Waals surface area contributed by atoms with Crippen LogP contribution in [-0.4, -0.2) is 57.1 Å². The molecule has 0 aliphatic carbocycles.